The maximum Gasteiger partial charge on any atom is 0.412 e. The summed E-state index contributed by atoms with van der Waals surface area (Å²) in [6.45, 7) is 9.36. The molecular formula is C55H77N3O9. The summed E-state index contributed by atoms with van der Waals surface area (Å²) in [4.78, 5) is 35.4. The SMILES string of the molecule is C=CCOC12Oc3ccc(OC(=O)NCC)cc3C3C(CCCCO)C(CCCCO)C=C(C(=NOC)CC1N(Cc1cccc4ccccc14)C(=O)OCCCCCCCCCCCC)C32. The number of carbonyl (C=O) groups excluding carboxylic acids is 2. The molecule has 3 N–H and O–H groups in total. The minimum Gasteiger partial charge on any atom is -0.459 e. The van der Waals surface area contributed by atoms with Crippen molar-refractivity contribution in [3.8, 4) is 11.5 Å². The molecule has 0 bridgehead atoms. The van der Waals surface area contributed by atoms with E-state index < -0.39 is 29.9 Å². The fourth-order valence-corrected chi connectivity index (χ4v) is 10.9. The molecule has 2 amide bonds. The monoisotopic (exact) mass is 924 g/mol. The number of aliphatic hydroxyl groups is 2. The lowest BCUT2D eigenvalue weighted by Crippen LogP contribution is -2.70. The molecule has 3 aromatic rings. The number of benzene rings is 3. The Morgan fingerprint density at radius 2 is 1.61 bits per heavy atom. The first kappa shape index (κ1) is 51.5. The van der Waals surface area contributed by atoms with Gasteiger partial charge in [-0.1, -0.05) is 137 Å². The second-order valence-electron chi connectivity index (χ2n) is 18.4. The van der Waals surface area contributed by atoms with E-state index in [2.05, 4.69) is 49.2 Å². The van der Waals surface area contributed by atoms with Gasteiger partial charge in [0.2, 0.25) is 5.79 Å². The van der Waals surface area contributed by atoms with E-state index in [4.69, 9.17) is 28.9 Å². The lowest BCUT2D eigenvalue weighted by molar-refractivity contribution is -0.256. The molecule has 3 aromatic carbocycles. The van der Waals surface area contributed by atoms with Crippen LogP contribution in [0, 0.1) is 17.8 Å². The number of unbranched alkanes of at least 4 members (excludes halogenated alkanes) is 11. The van der Waals surface area contributed by atoms with E-state index >= 15 is 4.79 Å². The largest absolute Gasteiger partial charge is 0.459 e. The summed E-state index contributed by atoms with van der Waals surface area (Å²) >= 11 is 0. The van der Waals surface area contributed by atoms with Gasteiger partial charge in [0.25, 0.3) is 0 Å². The second kappa shape index (κ2) is 26.6. The topological polar surface area (TPSA) is 148 Å². The molecule has 6 atom stereocenters. The van der Waals surface area contributed by atoms with Crippen LogP contribution < -0.4 is 14.8 Å². The number of carbonyl (C=O) groups is 2. The molecule has 2 aliphatic carbocycles. The summed E-state index contributed by atoms with van der Waals surface area (Å²) in [6.07, 6.45) is 19.4. The van der Waals surface area contributed by atoms with Gasteiger partial charge in [0.05, 0.1) is 31.4 Å². The summed E-state index contributed by atoms with van der Waals surface area (Å²) in [5, 5.41) is 29.5. The number of nitrogens with zero attached hydrogens (tertiary/aromatic N) is 2. The Bertz CT molecular complexity index is 2100. The average molecular weight is 924 g/mol. The quantitative estimate of drug-likeness (QED) is 0.0368. The van der Waals surface area contributed by atoms with Gasteiger partial charge in [-0.3, -0.25) is 4.90 Å². The van der Waals surface area contributed by atoms with Crippen LogP contribution in [0.5, 0.6) is 11.5 Å². The van der Waals surface area contributed by atoms with Crippen molar-refractivity contribution in [3.05, 3.63) is 96.1 Å². The minimum absolute atomic E-state index is 0.00502. The molecule has 3 aliphatic rings. The summed E-state index contributed by atoms with van der Waals surface area (Å²) in [5.41, 5.74) is 3.42. The van der Waals surface area contributed by atoms with Gasteiger partial charge in [-0.15, -0.1) is 6.58 Å². The maximum absolute atomic E-state index is 15.1. The van der Waals surface area contributed by atoms with Gasteiger partial charge >= 0.3 is 12.2 Å². The molecule has 67 heavy (non-hydrogen) atoms. The summed E-state index contributed by atoms with van der Waals surface area (Å²) in [7, 11) is 1.54. The fourth-order valence-electron chi connectivity index (χ4n) is 10.9. The van der Waals surface area contributed by atoms with Gasteiger partial charge < -0.3 is 39.3 Å². The van der Waals surface area contributed by atoms with Crippen molar-refractivity contribution in [3.63, 3.8) is 0 Å². The summed E-state index contributed by atoms with van der Waals surface area (Å²) in [6, 6.07) is 19.1. The van der Waals surface area contributed by atoms with E-state index in [0.717, 1.165) is 72.4 Å². The Kier molecular flexibility index (Phi) is 20.4. The average Bonchev–Trinajstić information content (AvgIpc) is 3.33. The number of allylic oxidation sites excluding steroid dienone is 1. The van der Waals surface area contributed by atoms with E-state index in [-0.39, 0.29) is 57.1 Å². The van der Waals surface area contributed by atoms with Crippen molar-refractivity contribution in [2.75, 3.05) is 40.1 Å². The molecule has 1 heterocycles. The van der Waals surface area contributed by atoms with Crippen LogP contribution in [0.15, 0.2) is 90.1 Å². The van der Waals surface area contributed by atoms with Gasteiger partial charge in [0.1, 0.15) is 24.7 Å². The molecule has 0 saturated heterocycles. The van der Waals surface area contributed by atoms with Crippen LogP contribution in [0.25, 0.3) is 10.8 Å². The minimum atomic E-state index is -1.47. The van der Waals surface area contributed by atoms with Gasteiger partial charge in [-0.25, -0.2) is 9.59 Å². The Hall–Kier alpha value is -4.91. The molecule has 6 rings (SSSR count). The van der Waals surface area contributed by atoms with Gasteiger partial charge in [-0.05, 0) is 91.0 Å². The zero-order chi connectivity index (χ0) is 47.4. The maximum atomic E-state index is 15.1. The molecule has 1 saturated carbocycles. The Morgan fingerprint density at radius 3 is 2.33 bits per heavy atom. The normalized spacial score (nSPS) is 22.3. The summed E-state index contributed by atoms with van der Waals surface area (Å²) < 4.78 is 26.7. The highest BCUT2D eigenvalue weighted by atomic mass is 16.7. The smallest absolute Gasteiger partial charge is 0.412 e. The second-order valence-corrected chi connectivity index (χ2v) is 18.4. The van der Waals surface area contributed by atoms with E-state index in [1.165, 1.54) is 44.9 Å². The number of nitrogens with one attached hydrogen (secondary N) is 1. The third kappa shape index (κ3) is 13.0. The Labute approximate surface area is 399 Å². The van der Waals surface area contributed by atoms with Gasteiger partial charge in [0.15, 0.2) is 0 Å². The van der Waals surface area contributed by atoms with Crippen molar-refractivity contribution in [1.82, 2.24) is 10.2 Å². The van der Waals surface area contributed by atoms with Crippen molar-refractivity contribution in [1.29, 1.82) is 0 Å². The third-order valence-corrected chi connectivity index (χ3v) is 13.9. The molecule has 1 fully saturated rings. The first-order chi connectivity index (χ1) is 32.8. The summed E-state index contributed by atoms with van der Waals surface area (Å²) in [5.74, 6) is -1.28. The number of hydrogen-bond donors (Lipinski definition) is 3. The fraction of sp³-hybridized carbons (Fsp3) is 0.582. The van der Waals surface area contributed by atoms with Crippen molar-refractivity contribution >= 4 is 28.7 Å². The first-order valence-electron chi connectivity index (χ1n) is 25.3. The lowest BCUT2D eigenvalue weighted by Gasteiger charge is -2.59. The zero-order valence-corrected chi connectivity index (χ0v) is 40.4. The molecule has 12 heteroatoms. The highest BCUT2D eigenvalue weighted by Crippen LogP contribution is 2.62. The van der Waals surface area contributed by atoms with E-state index in [1.807, 2.05) is 37.3 Å². The predicted molar refractivity (Wildman–Crippen MR) is 264 cm³/mol. The Balaban J connectivity index is 1.46. The van der Waals surface area contributed by atoms with Crippen molar-refractivity contribution < 1.29 is 43.6 Å². The number of ether oxygens (including phenoxy) is 4. The number of amides is 2. The number of hydrogen-bond acceptors (Lipinski definition) is 10. The standard InChI is InChI=1S/C55H77N3O9/c1-5-8-9-10-11-12-13-14-15-22-35-64-54(62)58(39-42-27-23-26-40-24-16-17-28-44(40)42)50-38-48(57-63-4)46-36-41(25-18-20-32-59)45(29-19-21-33-60)51-47-37-43(66-53(61)56-7-3)30-31-49(47)67-55(50,52(46)51)65-34-6-2/h6,16-17,23-24,26-28,30-31,36-37,41,45,50-52,59-60H,2,5,7-15,18-22,25,29,32-35,38-39H2,1,3-4H3,(H,56,61). The van der Waals surface area contributed by atoms with E-state index in [0.29, 0.717) is 36.6 Å². The molecule has 366 valence electrons. The molecule has 12 nitrogen and oxygen atoms in total. The number of rotatable bonds is 28. The van der Waals surface area contributed by atoms with Crippen LogP contribution in [-0.2, 0) is 20.9 Å². The van der Waals surface area contributed by atoms with Gasteiger partial charge in [0, 0.05) is 37.7 Å². The lowest BCUT2D eigenvalue weighted by atomic mass is 9.55. The van der Waals surface area contributed by atoms with Crippen LogP contribution >= 0.6 is 0 Å². The predicted octanol–water partition coefficient (Wildman–Crippen LogP) is 11.8. The molecule has 0 spiro atoms. The first-order valence-corrected chi connectivity index (χ1v) is 25.3. The highest BCUT2D eigenvalue weighted by molar-refractivity contribution is 6.03. The third-order valence-electron chi connectivity index (χ3n) is 13.9. The van der Waals surface area contributed by atoms with Crippen LogP contribution in [0.2, 0.25) is 0 Å². The van der Waals surface area contributed by atoms with Crippen LogP contribution in [-0.4, -0.2) is 84.9 Å². The van der Waals surface area contributed by atoms with Crippen LogP contribution in [0.4, 0.5) is 9.59 Å². The molecule has 6 unspecified atom stereocenters. The van der Waals surface area contributed by atoms with Gasteiger partial charge in [-0.2, -0.15) is 0 Å². The van der Waals surface area contributed by atoms with Crippen LogP contribution in [0.1, 0.15) is 140 Å². The zero-order valence-electron chi connectivity index (χ0n) is 40.4. The molecule has 0 radical (unpaired) electrons. The van der Waals surface area contributed by atoms with E-state index in [1.54, 1.807) is 24.2 Å². The van der Waals surface area contributed by atoms with E-state index in [9.17, 15) is 15.0 Å². The van der Waals surface area contributed by atoms with Crippen LogP contribution in [0.3, 0.4) is 0 Å². The molecule has 1 aliphatic heterocycles. The number of fused-ring (bicyclic) bond motifs is 3. The van der Waals surface area contributed by atoms with Crippen molar-refractivity contribution in [2.45, 2.75) is 147 Å². The number of oxime groups is 1. The molecule has 0 aromatic heterocycles. The highest BCUT2D eigenvalue weighted by Gasteiger charge is 2.65. The Morgan fingerprint density at radius 1 is 0.896 bits per heavy atom. The van der Waals surface area contributed by atoms with Crippen molar-refractivity contribution in [2.24, 2.45) is 22.9 Å². The molecular weight excluding hydrogens is 847 g/mol. The number of aliphatic hydroxyl groups excluding tert-OH is 2.